The number of carbonyl (C=O) groups is 5. The van der Waals surface area contributed by atoms with Crippen LogP contribution in [0.15, 0.2) is 24.3 Å². The van der Waals surface area contributed by atoms with E-state index in [1.54, 1.807) is 18.2 Å². The van der Waals surface area contributed by atoms with Crippen LogP contribution in [0.3, 0.4) is 0 Å². The minimum Gasteiger partial charge on any atom is -0.544 e. The van der Waals surface area contributed by atoms with E-state index < -0.39 is 265 Å². The number of carboxylic acids is 1. The number of benzene rings is 1. The SMILES string of the molecule is CC(=O)N[C@H]1C([C@H](O)[C@H](O)CO)O[C@@](O[C@@H]2C(O)[C@H](O[C@@H]3C(CO)OC(O)C(O)[C@H]3O)OC(CO)[C@@H]2O)(C(=O)[O-])C[C@H]1O.CC(=O)N[C@H]1C([C@H](O)[C@H](O)CO)O[C@](OC=O)(O[C@@H]2C(O)[C@H](O[C@H](C(O)CO)[C@H](O)C(O)CCc3ccccc3C(N)=O)OC(CO)[C@@H]2O)C[C@H]1O.[Na+]. The van der Waals surface area contributed by atoms with Crippen LogP contribution in [0, 0.1) is 0 Å². The van der Waals surface area contributed by atoms with Gasteiger partial charge in [-0.25, -0.2) is 0 Å². The Morgan fingerprint density at radius 3 is 1.60 bits per heavy atom. The topological polar surface area (TPSA) is 696 Å². The predicted molar refractivity (Wildman–Crippen MR) is 295 cm³/mol. The van der Waals surface area contributed by atoms with Crippen molar-refractivity contribution in [2.24, 2.45) is 5.73 Å². The Morgan fingerprint density at radius 1 is 0.625 bits per heavy atom. The van der Waals surface area contributed by atoms with Crippen molar-refractivity contribution in [2.75, 3.05) is 39.6 Å². The molecule has 5 aliphatic rings. The maximum Gasteiger partial charge on any atom is 1.00 e. The van der Waals surface area contributed by atoms with Crippen molar-refractivity contribution in [3.8, 4) is 0 Å². The molecule has 0 radical (unpaired) electrons. The standard InChI is InChI=1S/C31H48N2O19.C23H39NO19.Na/c1-13(38)33-21-17(40)8-31(48-12-37,51-27(21)23(44)18(41)9-34)52-28-24(45)20(11-36)49-30(25(28)46)50-26(19(42)10-35)22(43)16(39)7-6-14-4-2-3-5-15(14)29(32)47;1-6(28)24-11-7(29)2-23(22(37)38,42-18(11)12(31)8(30)3-25)43-19-13(32)9(4-26)40-21(16(19)35)41-17-10(5-27)39-20(36)15(34)14(17)33;/h2-5,12,16-28,30,34-36,39-46H,6-11H2,1H3,(H2,32,47)(H,33,38);7-21,25-27,29-36H,2-5H2,1H3,(H,24,28)(H,37,38);/q;;+1/p-1/t16?,17-,18-,19?,20?,21-,22-,23-,24+,25?,26-,27?,28+,30+,31+;7-,8-,9?,10?,11-,12-,13+,14-,15?,16?,17-,18?,19+,20?,21+,23+;/m11./s1. The van der Waals surface area contributed by atoms with E-state index in [0.717, 1.165) is 13.8 Å². The fourth-order valence-electron chi connectivity index (χ4n) is 11.2. The number of hydrogen-bond acceptors (Lipinski definition) is 38. The van der Waals surface area contributed by atoms with Gasteiger partial charge < -0.3 is 186 Å². The van der Waals surface area contributed by atoms with Gasteiger partial charge in [0, 0.05) is 25.8 Å². The summed E-state index contributed by atoms with van der Waals surface area (Å²) < 4.78 is 54.1. The molecule has 41 nitrogen and oxygen atoms in total. The first kappa shape index (κ1) is 84.7. The fraction of sp³-hybridized carbons (Fsp3) is 0.796. The Balaban J connectivity index is 0.000000411. The van der Waals surface area contributed by atoms with Gasteiger partial charge in [0.05, 0.1) is 76.5 Å². The van der Waals surface area contributed by atoms with Gasteiger partial charge >= 0.3 is 35.5 Å². The molecule has 42 heteroatoms. The van der Waals surface area contributed by atoms with E-state index >= 15 is 0 Å². The fourth-order valence-corrected chi connectivity index (χ4v) is 11.2. The van der Waals surface area contributed by atoms with E-state index in [9.17, 15) is 141 Å². The third-order valence-electron chi connectivity index (χ3n) is 16.2. The number of primary amides is 1. The molecule has 1 aromatic carbocycles. The van der Waals surface area contributed by atoms with Crippen LogP contribution in [0.1, 0.15) is 49.0 Å². The van der Waals surface area contributed by atoms with Gasteiger partial charge in [-0.1, -0.05) is 18.2 Å². The quantitative estimate of drug-likeness (QED) is 0.0193. The summed E-state index contributed by atoms with van der Waals surface area (Å²) in [5.41, 5.74) is 5.98. The maximum absolute atomic E-state index is 12.4. The number of nitrogens with one attached hydrogen (secondary N) is 2. The molecular weight excluding hydrogens is 1320 g/mol. The molecule has 0 aliphatic carbocycles. The number of aryl methyl sites for hydroxylation is 1. The molecule has 11 unspecified atom stereocenters. The molecule has 5 aliphatic heterocycles. The molecule has 546 valence electrons. The maximum atomic E-state index is 12.4. The summed E-state index contributed by atoms with van der Waals surface area (Å²) in [6.07, 6.45) is -54.5. The summed E-state index contributed by atoms with van der Waals surface area (Å²) in [6, 6.07) is 3.14. The second kappa shape index (κ2) is 37.8. The van der Waals surface area contributed by atoms with Crippen molar-refractivity contribution in [3.05, 3.63) is 35.4 Å². The van der Waals surface area contributed by atoms with Crippen molar-refractivity contribution < 1.29 is 218 Å². The van der Waals surface area contributed by atoms with Crippen LogP contribution in [0.25, 0.3) is 0 Å². The number of carboxylic acid groups (broad SMARTS) is 1. The molecule has 0 aromatic heterocycles. The Hall–Kier alpha value is -3.67. The Bertz CT molecular complexity index is 2600. The molecule has 6 rings (SSSR count). The van der Waals surface area contributed by atoms with E-state index in [1.807, 2.05) is 0 Å². The number of rotatable bonds is 30. The summed E-state index contributed by atoms with van der Waals surface area (Å²) in [5.74, 6) is -10.4. The monoisotopic (exact) mass is 1410 g/mol. The first-order valence-electron chi connectivity index (χ1n) is 29.4. The van der Waals surface area contributed by atoms with Gasteiger partial charge in [0.1, 0.15) is 134 Å². The molecule has 5 saturated heterocycles. The molecule has 5 heterocycles. The van der Waals surface area contributed by atoms with Crippen molar-refractivity contribution in [2.45, 2.75) is 229 Å². The molecular formula is C54H86N3NaO38. The third-order valence-corrected chi connectivity index (χ3v) is 16.2. The van der Waals surface area contributed by atoms with E-state index in [-0.39, 0.29) is 54.4 Å². The second-order valence-electron chi connectivity index (χ2n) is 23.0. The van der Waals surface area contributed by atoms with Crippen molar-refractivity contribution in [1.82, 2.24) is 10.6 Å². The average Bonchev–Trinajstić information content (AvgIpc) is 0.768. The van der Waals surface area contributed by atoms with Crippen LogP contribution in [0.4, 0.5) is 0 Å². The number of ether oxygens (including phenoxy) is 10. The van der Waals surface area contributed by atoms with Gasteiger partial charge in [-0.05, 0) is 24.5 Å². The minimum atomic E-state index is -3.13. The zero-order chi connectivity index (χ0) is 71.3. The van der Waals surface area contributed by atoms with E-state index in [1.165, 1.54) is 6.07 Å². The number of nitrogens with two attached hydrogens (primary N) is 1. The van der Waals surface area contributed by atoms with Gasteiger partial charge in [0.2, 0.25) is 23.5 Å². The van der Waals surface area contributed by atoms with E-state index in [2.05, 4.69) is 10.6 Å². The minimum absolute atomic E-state index is 0. The summed E-state index contributed by atoms with van der Waals surface area (Å²) >= 11 is 0. The van der Waals surface area contributed by atoms with E-state index in [0.29, 0.717) is 5.56 Å². The Labute approximate surface area is 566 Å². The molecule has 1 aromatic rings. The molecule has 31 atom stereocenters. The van der Waals surface area contributed by atoms with Crippen LogP contribution < -0.4 is 51.0 Å². The molecule has 26 N–H and O–H groups in total. The Kier molecular flexibility index (Phi) is 33.4. The molecule has 3 amide bonds. The number of hydrogen-bond donors (Lipinski definition) is 25. The van der Waals surface area contributed by atoms with Crippen LogP contribution >= 0.6 is 0 Å². The average molecular weight is 1410 g/mol. The summed E-state index contributed by atoms with van der Waals surface area (Å²) in [7, 11) is 0. The van der Waals surface area contributed by atoms with Crippen LogP contribution in [-0.2, 0) is 73.0 Å². The smallest absolute Gasteiger partial charge is 0.544 e. The van der Waals surface area contributed by atoms with Gasteiger partial charge in [-0.15, -0.1) is 0 Å². The first-order chi connectivity index (χ1) is 44.7. The molecule has 5 fully saturated rings. The number of amides is 3. The van der Waals surface area contributed by atoms with Crippen LogP contribution in [0.2, 0.25) is 0 Å². The first-order valence-corrected chi connectivity index (χ1v) is 29.4. The summed E-state index contributed by atoms with van der Waals surface area (Å²) in [4.78, 5) is 59.4. The normalized spacial score (nSPS) is 38.1. The van der Waals surface area contributed by atoms with Crippen molar-refractivity contribution >= 4 is 30.2 Å². The summed E-state index contributed by atoms with van der Waals surface area (Å²) in [6.45, 7) is -4.12. The Morgan fingerprint density at radius 2 is 1.11 bits per heavy atom. The number of aliphatic hydroxyl groups is 22. The third kappa shape index (κ3) is 20.3. The zero-order valence-electron chi connectivity index (χ0n) is 51.6. The van der Waals surface area contributed by atoms with Crippen molar-refractivity contribution in [3.63, 3.8) is 0 Å². The molecule has 0 bridgehead atoms. The molecule has 0 saturated carbocycles. The predicted octanol–water partition coefficient (Wildman–Crippen LogP) is -19.4. The second-order valence-corrected chi connectivity index (χ2v) is 23.0. The number of aliphatic carboxylic acids is 1. The van der Waals surface area contributed by atoms with Gasteiger partial charge in [-0.3, -0.25) is 19.2 Å². The van der Waals surface area contributed by atoms with Crippen molar-refractivity contribution in [1.29, 1.82) is 0 Å². The molecule has 96 heavy (non-hydrogen) atoms. The van der Waals surface area contributed by atoms with Gasteiger partial charge in [0.15, 0.2) is 18.9 Å². The van der Waals surface area contributed by atoms with E-state index in [4.69, 9.17) is 53.1 Å². The molecule has 0 spiro atoms. The summed E-state index contributed by atoms with van der Waals surface area (Å²) in [5, 5.41) is 245. The van der Waals surface area contributed by atoms with Gasteiger partial charge in [0.25, 0.3) is 6.47 Å². The number of carbonyl (C=O) groups excluding carboxylic acids is 5. The van der Waals surface area contributed by atoms with Gasteiger partial charge in [-0.2, -0.15) is 0 Å². The number of aliphatic hydroxyl groups excluding tert-OH is 22. The zero-order valence-corrected chi connectivity index (χ0v) is 53.6. The van der Waals surface area contributed by atoms with Crippen LogP contribution in [-0.4, -0.2) is 371 Å². The largest absolute Gasteiger partial charge is 1.00 e. The van der Waals surface area contributed by atoms with Crippen LogP contribution in [0.5, 0.6) is 0 Å².